The molecule has 1 aromatic rings. The largest absolute Gasteiger partial charge is 0.352 e. The van der Waals surface area contributed by atoms with Crippen molar-refractivity contribution in [1.82, 2.24) is 16.0 Å². The summed E-state index contributed by atoms with van der Waals surface area (Å²) in [4.78, 5) is 23.8. The van der Waals surface area contributed by atoms with Gasteiger partial charge in [-0.15, -0.1) is 0 Å². The van der Waals surface area contributed by atoms with Crippen LogP contribution in [-0.2, 0) is 11.3 Å². The van der Waals surface area contributed by atoms with Gasteiger partial charge in [0.2, 0.25) is 5.91 Å². The zero-order chi connectivity index (χ0) is 17.4. The lowest BCUT2D eigenvalue weighted by atomic mass is 9.85. The molecule has 0 radical (unpaired) electrons. The molecule has 132 valence electrons. The molecule has 5 nitrogen and oxygen atoms in total. The minimum absolute atomic E-state index is 0.0667. The standard InChI is InChI=1S/C19H29N3O2/c1-3-21-19(24)16-8-6-15(7-9-16)12-22-18(23)11-14(2)17-5-4-10-20-13-17/h6-9,14,17,20H,3-5,10-13H2,1-2H3,(H,21,24)(H,22,23). The molecule has 24 heavy (non-hydrogen) atoms. The van der Waals surface area contributed by atoms with Crippen LogP contribution in [0, 0.1) is 11.8 Å². The van der Waals surface area contributed by atoms with E-state index in [2.05, 4.69) is 22.9 Å². The number of nitrogens with one attached hydrogen (secondary N) is 3. The van der Waals surface area contributed by atoms with Gasteiger partial charge in [-0.3, -0.25) is 9.59 Å². The predicted octanol–water partition coefficient (Wildman–Crippen LogP) is 2.08. The maximum atomic E-state index is 12.1. The van der Waals surface area contributed by atoms with Crippen LogP contribution < -0.4 is 16.0 Å². The normalized spacial score (nSPS) is 18.7. The summed E-state index contributed by atoms with van der Waals surface area (Å²) in [5.74, 6) is 1.03. The maximum absolute atomic E-state index is 12.1. The first-order valence-electron chi connectivity index (χ1n) is 8.94. The summed E-state index contributed by atoms with van der Waals surface area (Å²) in [6.07, 6.45) is 2.99. The third kappa shape index (κ3) is 5.64. The molecule has 5 heteroatoms. The number of amides is 2. The molecule has 0 aromatic heterocycles. The third-order valence-corrected chi connectivity index (χ3v) is 4.69. The lowest BCUT2D eigenvalue weighted by molar-refractivity contribution is -0.122. The second kappa shape index (κ2) is 9.42. The molecule has 1 saturated heterocycles. The van der Waals surface area contributed by atoms with E-state index < -0.39 is 0 Å². The number of benzene rings is 1. The van der Waals surface area contributed by atoms with Gasteiger partial charge in [0, 0.05) is 25.1 Å². The predicted molar refractivity (Wildman–Crippen MR) is 95.7 cm³/mol. The molecule has 1 aliphatic rings. The van der Waals surface area contributed by atoms with Crippen molar-refractivity contribution < 1.29 is 9.59 Å². The van der Waals surface area contributed by atoms with Gasteiger partial charge in [0.05, 0.1) is 0 Å². The van der Waals surface area contributed by atoms with E-state index in [4.69, 9.17) is 0 Å². The molecule has 2 unspecified atom stereocenters. The molecular weight excluding hydrogens is 302 g/mol. The highest BCUT2D eigenvalue weighted by Gasteiger charge is 2.21. The van der Waals surface area contributed by atoms with E-state index in [1.807, 2.05) is 19.1 Å². The van der Waals surface area contributed by atoms with Crippen molar-refractivity contribution in [2.24, 2.45) is 11.8 Å². The molecule has 1 aliphatic heterocycles. The maximum Gasteiger partial charge on any atom is 0.251 e. The van der Waals surface area contributed by atoms with Crippen LogP contribution in [0.3, 0.4) is 0 Å². The number of hydrogen-bond donors (Lipinski definition) is 3. The highest BCUT2D eigenvalue weighted by Crippen LogP contribution is 2.22. The molecule has 1 aromatic carbocycles. The first kappa shape index (κ1) is 18.5. The molecule has 0 bridgehead atoms. The van der Waals surface area contributed by atoms with E-state index >= 15 is 0 Å². The van der Waals surface area contributed by atoms with Crippen molar-refractivity contribution in [1.29, 1.82) is 0 Å². The van der Waals surface area contributed by atoms with Crippen molar-refractivity contribution >= 4 is 11.8 Å². The first-order chi connectivity index (χ1) is 11.6. The van der Waals surface area contributed by atoms with E-state index in [0.29, 0.717) is 36.9 Å². The van der Waals surface area contributed by atoms with Crippen LogP contribution in [0.4, 0.5) is 0 Å². The zero-order valence-electron chi connectivity index (χ0n) is 14.7. The Kier molecular flexibility index (Phi) is 7.25. The van der Waals surface area contributed by atoms with Gasteiger partial charge >= 0.3 is 0 Å². The Hall–Kier alpha value is -1.88. The van der Waals surface area contributed by atoms with Crippen molar-refractivity contribution in [3.05, 3.63) is 35.4 Å². The Bertz CT molecular complexity index is 536. The average molecular weight is 331 g/mol. The number of carbonyl (C=O) groups excluding carboxylic acids is 2. The molecule has 0 saturated carbocycles. The number of carbonyl (C=O) groups is 2. The number of piperidine rings is 1. The summed E-state index contributed by atoms with van der Waals surface area (Å²) in [7, 11) is 0. The third-order valence-electron chi connectivity index (χ3n) is 4.69. The Labute approximate surface area is 144 Å². The second-order valence-electron chi connectivity index (χ2n) is 6.62. The van der Waals surface area contributed by atoms with E-state index in [0.717, 1.165) is 18.7 Å². The zero-order valence-corrected chi connectivity index (χ0v) is 14.7. The SMILES string of the molecule is CCNC(=O)c1ccc(CNC(=O)CC(C)C2CCCNC2)cc1. The van der Waals surface area contributed by atoms with Crippen LogP contribution in [0.2, 0.25) is 0 Å². The summed E-state index contributed by atoms with van der Waals surface area (Å²) in [6, 6.07) is 7.37. The summed E-state index contributed by atoms with van der Waals surface area (Å²) < 4.78 is 0. The van der Waals surface area contributed by atoms with Gasteiger partial charge < -0.3 is 16.0 Å². The van der Waals surface area contributed by atoms with Crippen LogP contribution in [-0.4, -0.2) is 31.4 Å². The van der Waals surface area contributed by atoms with Crippen LogP contribution in [0.25, 0.3) is 0 Å². The van der Waals surface area contributed by atoms with Crippen LogP contribution in [0.5, 0.6) is 0 Å². The molecule has 0 aliphatic carbocycles. The monoisotopic (exact) mass is 331 g/mol. The van der Waals surface area contributed by atoms with Gasteiger partial charge in [-0.25, -0.2) is 0 Å². The molecule has 2 amide bonds. The lowest BCUT2D eigenvalue weighted by Crippen LogP contribution is -2.35. The van der Waals surface area contributed by atoms with Crippen molar-refractivity contribution in [2.45, 2.75) is 39.7 Å². The van der Waals surface area contributed by atoms with Gasteiger partial charge in [0.25, 0.3) is 5.91 Å². The molecule has 1 fully saturated rings. The van der Waals surface area contributed by atoms with Crippen molar-refractivity contribution in [2.75, 3.05) is 19.6 Å². The van der Waals surface area contributed by atoms with Gasteiger partial charge in [0.1, 0.15) is 0 Å². The van der Waals surface area contributed by atoms with Gasteiger partial charge in [0.15, 0.2) is 0 Å². The first-order valence-corrected chi connectivity index (χ1v) is 8.94. The van der Waals surface area contributed by atoms with E-state index in [9.17, 15) is 9.59 Å². The highest BCUT2D eigenvalue weighted by atomic mass is 16.2. The minimum Gasteiger partial charge on any atom is -0.352 e. The molecule has 3 N–H and O–H groups in total. The van der Waals surface area contributed by atoms with Crippen LogP contribution in [0.1, 0.15) is 49.0 Å². The van der Waals surface area contributed by atoms with E-state index in [1.165, 1.54) is 12.8 Å². The Morgan fingerprint density at radius 3 is 2.62 bits per heavy atom. The number of rotatable bonds is 7. The van der Waals surface area contributed by atoms with Crippen LogP contribution >= 0.6 is 0 Å². The molecule has 2 atom stereocenters. The van der Waals surface area contributed by atoms with Gasteiger partial charge in [-0.05, 0) is 62.4 Å². The minimum atomic E-state index is -0.0667. The van der Waals surface area contributed by atoms with Gasteiger partial charge in [-0.1, -0.05) is 19.1 Å². The summed E-state index contributed by atoms with van der Waals surface area (Å²) in [5, 5.41) is 9.16. The Morgan fingerprint density at radius 1 is 1.25 bits per heavy atom. The topological polar surface area (TPSA) is 70.2 Å². The molecule has 2 rings (SSSR count). The van der Waals surface area contributed by atoms with Crippen molar-refractivity contribution in [3.63, 3.8) is 0 Å². The fourth-order valence-electron chi connectivity index (χ4n) is 3.13. The summed E-state index contributed by atoms with van der Waals surface area (Å²) >= 11 is 0. The number of hydrogen-bond acceptors (Lipinski definition) is 3. The fraction of sp³-hybridized carbons (Fsp3) is 0.579. The lowest BCUT2D eigenvalue weighted by Gasteiger charge is -2.28. The molecular formula is C19H29N3O2. The van der Waals surface area contributed by atoms with E-state index in [1.54, 1.807) is 12.1 Å². The van der Waals surface area contributed by atoms with Crippen molar-refractivity contribution in [3.8, 4) is 0 Å². The smallest absolute Gasteiger partial charge is 0.251 e. The van der Waals surface area contributed by atoms with Crippen LogP contribution in [0.15, 0.2) is 24.3 Å². The Morgan fingerprint density at radius 2 is 2.00 bits per heavy atom. The molecule has 0 spiro atoms. The summed E-state index contributed by atoms with van der Waals surface area (Å²) in [6.45, 7) is 7.30. The fourth-order valence-corrected chi connectivity index (χ4v) is 3.13. The highest BCUT2D eigenvalue weighted by molar-refractivity contribution is 5.94. The Balaban J connectivity index is 1.75. The van der Waals surface area contributed by atoms with E-state index in [-0.39, 0.29) is 11.8 Å². The summed E-state index contributed by atoms with van der Waals surface area (Å²) in [5.41, 5.74) is 1.65. The second-order valence-corrected chi connectivity index (χ2v) is 6.62. The quantitative estimate of drug-likeness (QED) is 0.716. The van der Waals surface area contributed by atoms with Gasteiger partial charge in [-0.2, -0.15) is 0 Å². The molecule has 1 heterocycles. The average Bonchev–Trinajstić information content (AvgIpc) is 2.61.